The van der Waals surface area contributed by atoms with Crippen molar-refractivity contribution in [3.8, 4) is 0 Å². The van der Waals surface area contributed by atoms with Gasteiger partial charge in [0.25, 0.3) is 0 Å². The van der Waals surface area contributed by atoms with Crippen LogP contribution >= 0.6 is 0 Å². The zero-order chi connectivity index (χ0) is 12.0. The molecule has 2 N–H and O–H groups in total. The fourth-order valence-corrected chi connectivity index (χ4v) is 1.38. The number of esters is 1. The Morgan fingerprint density at radius 2 is 2.25 bits per heavy atom. The van der Waals surface area contributed by atoms with Crippen molar-refractivity contribution in [3.05, 3.63) is 0 Å². The summed E-state index contributed by atoms with van der Waals surface area (Å²) in [5, 5.41) is 6.47. The average molecular weight is 227 g/mol. The molecule has 2 atom stereocenters. The molecule has 5 heteroatoms. The number of carbonyl (C=O) groups is 1. The summed E-state index contributed by atoms with van der Waals surface area (Å²) in [6.07, 6.45) is 1.52. The van der Waals surface area contributed by atoms with Crippen LogP contribution in [-0.2, 0) is 9.53 Å². The maximum absolute atomic E-state index is 10.9. The maximum Gasteiger partial charge on any atom is 0.307 e. The van der Waals surface area contributed by atoms with E-state index in [0.717, 1.165) is 18.4 Å². The lowest BCUT2D eigenvalue weighted by molar-refractivity contribution is -0.140. The molecule has 0 saturated heterocycles. The quantitative estimate of drug-likeness (QED) is 0.408. The van der Waals surface area contributed by atoms with Gasteiger partial charge in [-0.2, -0.15) is 0 Å². The Morgan fingerprint density at radius 1 is 1.56 bits per heavy atom. The van der Waals surface area contributed by atoms with E-state index in [1.807, 2.05) is 6.92 Å². The highest BCUT2D eigenvalue weighted by Gasteiger charge is 2.33. The standard InChI is InChI=1S/C11H21N3O2/c1-4-12-11(14-9-7-8(9)2)13-6-5-10(15)16-3/h8-9H,4-7H2,1-3H3,(H2,12,13,14). The first kappa shape index (κ1) is 12.8. The van der Waals surface area contributed by atoms with Crippen molar-refractivity contribution in [3.63, 3.8) is 0 Å². The summed E-state index contributed by atoms with van der Waals surface area (Å²) in [5.41, 5.74) is 0. The average Bonchev–Trinajstić information content (AvgIpc) is 2.94. The Bertz CT molecular complexity index is 266. The zero-order valence-corrected chi connectivity index (χ0v) is 10.2. The van der Waals surface area contributed by atoms with Crippen LogP contribution in [0.25, 0.3) is 0 Å². The van der Waals surface area contributed by atoms with E-state index in [4.69, 9.17) is 0 Å². The summed E-state index contributed by atoms with van der Waals surface area (Å²) in [5.74, 6) is 1.30. The highest BCUT2D eigenvalue weighted by molar-refractivity contribution is 5.80. The van der Waals surface area contributed by atoms with Gasteiger partial charge in [-0.15, -0.1) is 0 Å². The highest BCUT2D eigenvalue weighted by Crippen LogP contribution is 2.28. The van der Waals surface area contributed by atoms with Gasteiger partial charge in [0.05, 0.1) is 20.1 Å². The van der Waals surface area contributed by atoms with Crippen LogP contribution in [0.1, 0.15) is 26.7 Å². The first-order chi connectivity index (χ1) is 7.67. The molecule has 0 spiro atoms. The highest BCUT2D eigenvalue weighted by atomic mass is 16.5. The fraction of sp³-hybridized carbons (Fsp3) is 0.818. The second-order valence-electron chi connectivity index (χ2n) is 4.05. The lowest BCUT2D eigenvalue weighted by atomic mass is 10.4. The van der Waals surface area contributed by atoms with E-state index in [9.17, 15) is 4.79 Å². The lowest BCUT2D eigenvalue weighted by Gasteiger charge is -2.10. The topological polar surface area (TPSA) is 62.7 Å². The summed E-state index contributed by atoms with van der Waals surface area (Å²) in [4.78, 5) is 15.2. The molecule has 1 rings (SSSR count). The van der Waals surface area contributed by atoms with E-state index in [2.05, 4.69) is 27.3 Å². The Hall–Kier alpha value is -1.26. The van der Waals surface area contributed by atoms with E-state index >= 15 is 0 Å². The summed E-state index contributed by atoms with van der Waals surface area (Å²) >= 11 is 0. The van der Waals surface area contributed by atoms with Gasteiger partial charge in [0.1, 0.15) is 0 Å². The van der Waals surface area contributed by atoms with Gasteiger partial charge in [-0.1, -0.05) is 6.92 Å². The molecule has 1 saturated carbocycles. The zero-order valence-electron chi connectivity index (χ0n) is 10.2. The number of nitrogens with zero attached hydrogens (tertiary/aromatic N) is 1. The van der Waals surface area contributed by atoms with E-state index in [1.54, 1.807) is 0 Å². The number of methoxy groups -OCH3 is 1. The minimum absolute atomic E-state index is 0.223. The fourth-order valence-electron chi connectivity index (χ4n) is 1.38. The predicted molar refractivity (Wildman–Crippen MR) is 63.3 cm³/mol. The third kappa shape index (κ3) is 4.51. The molecular formula is C11H21N3O2. The van der Waals surface area contributed by atoms with Crippen molar-refractivity contribution in [2.24, 2.45) is 10.9 Å². The molecule has 1 fully saturated rings. The molecule has 0 aliphatic heterocycles. The number of nitrogens with one attached hydrogen (secondary N) is 2. The molecule has 0 heterocycles. The number of ether oxygens (including phenoxy) is 1. The number of guanidine groups is 1. The van der Waals surface area contributed by atoms with Crippen LogP contribution in [0, 0.1) is 5.92 Å². The molecule has 0 radical (unpaired) electrons. The molecular weight excluding hydrogens is 206 g/mol. The third-order valence-electron chi connectivity index (χ3n) is 2.59. The van der Waals surface area contributed by atoms with Crippen molar-refractivity contribution in [2.75, 3.05) is 20.2 Å². The van der Waals surface area contributed by atoms with Gasteiger partial charge in [-0.25, -0.2) is 0 Å². The Morgan fingerprint density at radius 3 is 2.75 bits per heavy atom. The normalized spacial score (nSPS) is 23.8. The number of carbonyl (C=O) groups excluding carboxylic acids is 1. The minimum atomic E-state index is -0.223. The van der Waals surface area contributed by atoms with Gasteiger partial charge in [0.15, 0.2) is 5.96 Å². The smallest absolute Gasteiger partial charge is 0.307 e. The molecule has 0 amide bonds. The lowest BCUT2D eigenvalue weighted by Crippen LogP contribution is -2.39. The number of rotatable bonds is 5. The molecule has 2 unspecified atom stereocenters. The van der Waals surface area contributed by atoms with Gasteiger partial charge in [0, 0.05) is 12.6 Å². The molecule has 1 aliphatic rings. The second kappa shape index (κ2) is 6.35. The van der Waals surface area contributed by atoms with E-state index in [1.165, 1.54) is 13.5 Å². The summed E-state index contributed by atoms with van der Waals surface area (Å²) in [6, 6.07) is 0.538. The van der Waals surface area contributed by atoms with Crippen LogP contribution in [0.15, 0.2) is 4.99 Å². The SMILES string of the molecule is CCNC(=NCCC(=O)OC)NC1CC1C. The molecule has 92 valence electrons. The summed E-state index contributed by atoms with van der Waals surface area (Å²) in [7, 11) is 1.39. The van der Waals surface area contributed by atoms with Gasteiger partial charge >= 0.3 is 5.97 Å². The minimum Gasteiger partial charge on any atom is -0.469 e. The number of hydrogen-bond acceptors (Lipinski definition) is 3. The van der Waals surface area contributed by atoms with Gasteiger partial charge < -0.3 is 15.4 Å². The van der Waals surface area contributed by atoms with Crippen molar-refractivity contribution >= 4 is 11.9 Å². The first-order valence-corrected chi connectivity index (χ1v) is 5.79. The largest absolute Gasteiger partial charge is 0.469 e. The maximum atomic E-state index is 10.9. The third-order valence-corrected chi connectivity index (χ3v) is 2.59. The molecule has 0 bridgehead atoms. The van der Waals surface area contributed by atoms with Crippen LogP contribution < -0.4 is 10.6 Å². The molecule has 0 aromatic carbocycles. The van der Waals surface area contributed by atoms with Crippen LogP contribution in [0.2, 0.25) is 0 Å². The molecule has 0 aromatic heterocycles. The van der Waals surface area contributed by atoms with Crippen molar-refractivity contribution in [2.45, 2.75) is 32.7 Å². The number of aliphatic imine (C=N–C) groups is 1. The van der Waals surface area contributed by atoms with Crippen molar-refractivity contribution < 1.29 is 9.53 Å². The molecule has 0 aromatic rings. The van der Waals surface area contributed by atoms with Crippen molar-refractivity contribution in [1.82, 2.24) is 10.6 Å². The van der Waals surface area contributed by atoms with E-state index < -0.39 is 0 Å². The predicted octanol–water partition coefficient (Wildman–Crippen LogP) is 0.513. The van der Waals surface area contributed by atoms with Crippen LogP contribution in [0.5, 0.6) is 0 Å². The summed E-state index contributed by atoms with van der Waals surface area (Å²) in [6.45, 7) is 5.51. The first-order valence-electron chi connectivity index (χ1n) is 5.79. The second-order valence-corrected chi connectivity index (χ2v) is 4.05. The van der Waals surface area contributed by atoms with Gasteiger partial charge in [-0.3, -0.25) is 9.79 Å². The van der Waals surface area contributed by atoms with Crippen molar-refractivity contribution in [1.29, 1.82) is 0 Å². The molecule has 1 aliphatic carbocycles. The molecule has 16 heavy (non-hydrogen) atoms. The van der Waals surface area contributed by atoms with Gasteiger partial charge in [0.2, 0.25) is 0 Å². The number of hydrogen-bond donors (Lipinski definition) is 2. The monoisotopic (exact) mass is 227 g/mol. The van der Waals surface area contributed by atoms with E-state index in [-0.39, 0.29) is 5.97 Å². The van der Waals surface area contributed by atoms with Crippen LogP contribution in [0.3, 0.4) is 0 Å². The Kier molecular flexibility index (Phi) is 5.08. The van der Waals surface area contributed by atoms with Crippen LogP contribution in [-0.4, -0.2) is 38.2 Å². The molecule has 5 nitrogen and oxygen atoms in total. The van der Waals surface area contributed by atoms with Gasteiger partial charge in [-0.05, 0) is 19.3 Å². The summed E-state index contributed by atoms with van der Waals surface area (Å²) < 4.78 is 4.55. The van der Waals surface area contributed by atoms with E-state index in [0.29, 0.717) is 19.0 Å². The Balaban J connectivity index is 2.30. The Labute approximate surface area is 96.7 Å². The van der Waals surface area contributed by atoms with Crippen LogP contribution in [0.4, 0.5) is 0 Å².